The smallest absolute Gasteiger partial charge is 0.369 e. The molecule has 0 unspecified atom stereocenters. The lowest BCUT2D eigenvalue weighted by Crippen LogP contribution is -2.41. The Balaban J connectivity index is 1.52. The summed E-state index contributed by atoms with van der Waals surface area (Å²) < 4.78 is 10.8. The van der Waals surface area contributed by atoms with Crippen LogP contribution in [0.25, 0.3) is 0 Å². The van der Waals surface area contributed by atoms with Crippen molar-refractivity contribution in [1.82, 2.24) is 9.88 Å². The van der Waals surface area contributed by atoms with Crippen LogP contribution in [0.1, 0.15) is 33.6 Å². The lowest BCUT2D eigenvalue weighted by Gasteiger charge is -2.25. The molecular weight excluding hydrogens is 482 g/mol. The van der Waals surface area contributed by atoms with Crippen molar-refractivity contribution in [3.05, 3.63) is 41.6 Å². The van der Waals surface area contributed by atoms with E-state index in [4.69, 9.17) is 25.8 Å². The van der Waals surface area contributed by atoms with Gasteiger partial charge in [0.05, 0.1) is 43.8 Å². The van der Waals surface area contributed by atoms with Gasteiger partial charge in [-0.25, -0.2) is 9.78 Å². The lowest BCUT2D eigenvalue weighted by atomic mass is 10.1. The first kappa shape index (κ1) is 25.9. The average Bonchev–Trinajstić information content (AvgIpc) is 3.73. The predicted molar refractivity (Wildman–Crippen MR) is 135 cm³/mol. The summed E-state index contributed by atoms with van der Waals surface area (Å²) in [5.41, 5.74) is 12.2. The zero-order valence-corrected chi connectivity index (χ0v) is 20.4. The Morgan fingerprint density at radius 1 is 1.16 bits per heavy atom. The maximum atomic E-state index is 12.8. The van der Waals surface area contributed by atoms with Crippen molar-refractivity contribution in [3.63, 3.8) is 0 Å². The number of nitrogens with one attached hydrogen (secondary N) is 2. The molecule has 0 radical (unpaired) electrons. The topological polar surface area (TPSA) is 183 Å². The normalized spacial score (nSPS) is 16.1. The van der Waals surface area contributed by atoms with E-state index in [0.29, 0.717) is 38.5 Å². The van der Waals surface area contributed by atoms with Gasteiger partial charge in [0.2, 0.25) is 5.91 Å². The number of rotatable bonds is 10. The minimum absolute atomic E-state index is 0.0256. The quantitative estimate of drug-likeness (QED) is 0.156. The van der Waals surface area contributed by atoms with Crippen molar-refractivity contribution in [2.45, 2.75) is 12.8 Å². The summed E-state index contributed by atoms with van der Waals surface area (Å²) in [7, 11) is 1.39. The molecule has 6 N–H and O–H groups in total. The molecule has 196 valence electrons. The third-order valence-electron chi connectivity index (χ3n) is 5.81. The van der Waals surface area contributed by atoms with Crippen molar-refractivity contribution in [3.8, 4) is 5.75 Å². The number of pyridine rings is 1. The number of nitrogens with zero attached hydrogens (tertiary/aromatic N) is 3. The Bertz CT molecular complexity index is 1210. The second-order valence-electron chi connectivity index (χ2n) is 8.60. The number of nitrogens with two attached hydrogens (primary N) is 2. The van der Waals surface area contributed by atoms with E-state index in [1.807, 2.05) is 4.90 Å². The molecule has 1 saturated heterocycles. The molecule has 0 atom stereocenters. The Labute approximate surface area is 213 Å². The monoisotopic (exact) mass is 511 g/mol. The van der Waals surface area contributed by atoms with Gasteiger partial charge in [0.1, 0.15) is 11.4 Å². The highest BCUT2D eigenvalue weighted by atomic mass is 16.7. The molecule has 1 aliphatic carbocycles. The van der Waals surface area contributed by atoms with Crippen LogP contribution in [0.5, 0.6) is 5.75 Å². The van der Waals surface area contributed by atoms with Crippen LogP contribution in [0, 0.1) is 5.92 Å². The number of hydrogen-bond donors (Lipinski definition) is 4. The molecule has 1 aromatic carbocycles. The summed E-state index contributed by atoms with van der Waals surface area (Å²) in [4.78, 5) is 48.1. The molecule has 1 saturated carbocycles. The third-order valence-corrected chi connectivity index (χ3v) is 5.81. The van der Waals surface area contributed by atoms with Crippen LogP contribution in [0.3, 0.4) is 0 Å². The molecular formula is C24H29N7O6. The van der Waals surface area contributed by atoms with Gasteiger partial charge in [0, 0.05) is 31.3 Å². The van der Waals surface area contributed by atoms with Crippen molar-refractivity contribution in [2.75, 3.05) is 50.6 Å². The van der Waals surface area contributed by atoms with Gasteiger partial charge < -0.3 is 36.4 Å². The van der Waals surface area contributed by atoms with Gasteiger partial charge >= 0.3 is 5.97 Å². The van der Waals surface area contributed by atoms with E-state index in [2.05, 4.69) is 20.8 Å². The number of carbonyl (C=O) groups is 3. The first-order chi connectivity index (χ1) is 17.9. The molecule has 13 heteroatoms. The van der Waals surface area contributed by atoms with E-state index in [9.17, 15) is 14.4 Å². The molecule has 1 aromatic heterocycles. The minimum Gasteiger partial charge on any atom is -0.494 e. The second-order valence-corrected chi connectivity index (χ2v) is 8.60. The molecule has 13 nitrogen and oxygen atoms in total. The number of ether oxygens (including phenoxy) is 2. The number of para-hydroxylation sites is 1. The number of hydrogen-bond acceptors (Lipinski definition) is 10. The fourth-order valence-electron chi connectivity index (χ4n) is 3.73. The first-order valence-electron chi connectivity index (χ1n) is 11.7. The summed E-state index contributed by atoms with van der Waals surface area (Å²) in [5, 5.41) is 9.52. The highest BCUT2D eigenvalue weighted by Crippen LogP contribution is 2.34. The summed E-state index contributed by atoms with van der Waals surface area (Å²) >= 11 is 0. The SMILES string of the molecule is COc1c(Nc2cc(NC(=O)C3CC3)ncc2C(N)=O)cccc1C(=O)O/N=C(\N)CN1CCOCC1. The molecule has 4 rings (SSSR count). The number of anilines is 3. The van der Waals surface area contributed by atoms with Gasteiger partial charge in [0.15, 0.2) is 11.6 Å². The molecule has 0 bridgehead atoms. The minimum atomic E-state index is -0.785. The van der Waals surface area contributed by atoms with Crippen molar-refractivity contribution in [1.29, 1.82) is 0 Å². The van der Waals surface area contributed by atoms with Gasteiger partial charge in [-0.3, -0.25) is 14.5 Å². The lowest BCUT2D eigenvalue weighted by molar-refractivity contribution is -0.117. The summed E-state index contributed by atoms with van der Waals surface area (Å²) in [6.07, 6.45) is 2.93. The fraction of sp³-hybridized carbons (Fsp3) is 0.375. The van der Waals surface area contributed by atoms with Gasteiger partial charge in [0.25, 0.3) is 5.91 Å². The van der Waals surface area contributed by atoms with Crippen LogP contribution in [-0.2, 0) is 14.4 Å². The number of primary amides is 1. The molecule has 2 fully saturated rings. The van der Waals surface area contributed by atoms with Crippen LogP contribution in [-0.4, -0.2) is 73.5 Å². The summed E-state index contributed by atoms with van der Waals surface area (Å²) in [6, 6.07) is 6.23. The number of benzene rings is 1. The van der Waals surface area contributed by atoms with Crippen molar-refractivity contribution in [2.24, 2.45) is 22.5 Å². The third kappa shape index (κ3) is 6.71. The van der Waals surface area contributed by atoms with Gasteiger partial charge in [-0.2, -0.15) is 0 Å². The number of carbonyl (C=O) groups excluding carboxylic acids is 3. The Morgan fingerprint density at radius 3 is 2.59 bits per heavy atom. The zero-order valence-electron chi connectivity index (χ0n) is 20.4. The number of methoxy groups -OCH3 is 1. The van der Waals surface area contributed by atoms with Crippen molar-refractivity contribution >= 4 is 40.8 Å². The standard InChI is InChI=1S/C24H29N7O6/c1-35-21-15(24(34)37-30-19(25)13-31-7-9-36-10-8-31)3-2-4-17(21)28-18-11-20(27-12-16(18)22(26)32)29-23(33)14-5-6-14/h2-4,11-12,14H,5-10,13H2,1H3,(H2,25,30)(H2,26,32)(H2,27,28,29,33). The van der Waals surface area contributed by atoms with E-state index in [0.717, 1.165) is 12.8 Å². The molecule has 2 heterocycles. The molecule has 2 aromatic rings. The number of amides is 2. The molecule has 0 spiro atoms. The maximum Gasteiger partial charge on any atom is 0.369 e. The number of oxime groups is 1. The van der Waals surface area contributed by atoms with Crippen molar-refractivity contribution < 1.29 is 28.7 Å². The van der Waals surface area contributed by atoms with Crippen LogP contribution >= 0.6 is 0 Å². The highest BCUT2D eigenvalue weighted by Gasteiger charge is 2.30. The number of amidine groups is 1. The maximum absolute atomic E-state index is 12.8. The first-order valence-corrected chi connectivity index (χ1v) is 11.7. The summed E-state index contributed by atoms with van der Waals surface area (Å²) in [6.45, 7) is 2.97. The number of aromatic nitrogens is 1. The largest absolute Gasteiger partial charge is 0.494 e. The van der Waals surface area contributed by atoms with Gasteiger partial charge in [-0.15, -0.1) is 0 Å². The zero-order chi connectivity index (χ0) is 26.4. The fourth-order valence-corrected chi connectivity index (χ4v) is 3.73. The Morgan fingerprint density at radius 2 is 1.92 bits per heavy atom. The summed E-state index contributed by atoms with van der Waals surface area (Å²) in [5.74, 6) is -1.13. The highest BCUT2D eigenvalue weighted by molar-refractivity contribution is 6.01. The van der Waals surface area contributed by atoms with E-state index in [-0.39, 0.29) is 46.0 Å². The average molecular weight is 512 g/mol. The Hall–Kier alpha value is -4.23. The van der Waals surface area contributed by atoms with E-state index < -0.39 is 11.9 Å². The van der Waals surface area contributed by atoms with Crippen LogP contribution in [0.4, 0.5) is 17.2 Å². The molecule has 2 amide bonds. The van der Waals surface area contributed by atoms with E-state index in [1.54, 1.807) is 12.1 Å². The number of morpholine rings is 1. The van der Waals surface area contributed by atoms with Crippen LogP contribution < -0.4 is 26.8 Å². The Kier molecular flexibility index (Phi) is 8.15. The van der Waals surface area contributed by atoms with E-state index in [1.165, 1.54) is 25.4 Å². The van der Waals surface area contributed by atoms with Crippen LogP contribution in [0.15, 0.2) is 35.6 Å². The van der Waals surface area contributed by atoms with Gasteiger partial charge in [-0.1, -0.05) is 11.2 Å². The second kappa shape index (κ2) is 11.7. The predicted octanol–water partition coefficient (Wildman–Crippen LogP) is 1.04. The van der Waals surface area contributed by atoms with Crippen LogP contribution in [0.2, 0.25) is 0 Å². The molecule has 37 heavy (non-hydrogen) atoms. The van der Waals surface area contributed by atoms with Gasteiger partial charge in [-0.05, 0) is 25.0 Å². The van der Waals surface area contributed by atoms with E-state index >= 15 is 0 Å². The molecule has 2 aliphatic rings. The molecule has 1 aliphatic heterocycles.